The van der Waals surface area contributed by atoms with Crippen molar-refractivity contribution in [2.24, 2.45) is 0 Å². The molecule has 8 heteroatoms. The summed E-state index contributed by atoms with van der Waals surface area (Å²) in [5, 5.41) is 2.60. The largest absolute Gasteiger partial charge is 0.486 e. The number of amides is 3. The lowest BCUT2D eigenvalue weighted by atomic mass is 10.2. The van der Waals surface area contributed by atoms with Gasteiger partial charge in [-0.2, -0.15) is 0 Å². The number of para-hydroxylation sites is 2. The van der Waals surface area contributed by atoms with Crippen LogP contribution in [0.2, 0.25) is 0 Å². The zero-order valence-corrected chi connectivity index (χ0v) is 14.1. The van der Waals surface area contributed by atoms with Crippen molar-refractivity contribution in [3.63, 3.8) is 0 Å². The highest BCUT2D eigenvalue weighted by Gasteiger charge is 2.28. The third-order valence-corrected chi connectivity index (χ3v) is 4.26. The van der Waals surface area contributed by atoms with E-state index in [4.69, 9.17) is 9.47 Å². The Kier molecular flexibility index (Phi) is 5.06. The van der Waals surface area contributed by atoms with Crippen molar-refractivity contribution in [2.75, 3.05) is 39.3 Å². The Morgan fingerprint density at radius 1 is 1.08 bits per heavy atom. The summed E-state index contributed by atoms with van der Waals surface area (Å²) < 4.78 is 11.3. The van der Waals surface area contributed by atoms with Crippen molar-refractivity contribution in [3.8, 4) is 11.5 Å². The van der Waals surface area contributed by atoms with Crippen molar-refractivity contribution < 1.29 is 23.9 Å². The Hall–Kier alpha value is -2.77. The SMILES string of the molecule is CC(=O)N1CCN(C(=O)C(=O)NCC2COc3ccccc3O2)CC1. The Balaban J connectivity index is 1.45. The van der Waals surface area contributed by atoms with Crippen molar-refractivity contribution in [1.82, 2.24) is 15.1 Å². The number of nitrogens with one attached hydrogen (secondary N) is 1. The fourth-order valence-corrected chi connectivity index (χ4v) is 2.81. The second-order valence-corrected chi connectivity index (χ2v) is 6.01. The predicted octanol–water partition coefficient (Wildman–Crippen LogP) is -0.367. The van der Waals surface area contributed by atoms with Crippen molar-refractivity contribution in [2.45, 2.75) is 13.0 Å². The lowest BCUT2D eigenvalue weighted by molar-refractivity contribution is -0.148. The Bertz CT molecular complexity index is 670. The minimum Gasteiger partial charge on any atom is -0.486 e. The van der Waals surface area contributed by atoms with Crippen LogP contribution in [-0.4, -0.2) is 73.0 Å². The van der Waals surface area contributed by atoms with E-state index in [0.29, 0.717) is 44.3 Å². The maximum atomic E-state index is 12.2. The summed E-state index contributed by atoms with van der Waals surface area (Å²) in [6.07, 6.45) is -0.346. The fraction of sp³-hybridized carbons (Fsp3) is 0.471. The summed E-state index contributed by atoms with van der Waals surface area (Å²) in [4.78, 5) is 38.7. The number of hydrogen-bond acceptors (Lipinski definition) is 5. The molecule has 0 aliphatic carbocycles. The minimum absolute atomic E-state index is 0.0220. The highest BCUT2D eigenvalue weighted by atomic mass is 16.6. The van der Waals surface area contributed by atoms with E-state index >= 15 is 0 Å². The monoisotopic (exact) mass is 347 g/mol. The molecule has 1 fully saturated rings. The summed E-state index contributed by atoms with van der Waals surface area (Å²) >= 11 is 0. The molecule has 2 heterocycles. The van der Waals surface area contributed by atoms with Gasteiger partial charge in [0.15, 0.2) is 11.5 Å². The first-order valence-corrected chi connectivity index (χ1v) is 8.25. The van der Waals surface area contributed by atoms with Crippen LogP contribution < -0.4 is 14.8 Å². The smallest absolute Gasteiger partial charge is 0.312 e. The molecule has 8 nitrogen and oxygen atoms in total. The predicted molar refractivity (Wildman–Crippen MR) is 88.2 cm³/mol. The van der Waals surface area contributed by atoms with Crippen LogP contribution >= 0.6 is 0 Å². The van der Waals surface area contributed by atoms with Gasteiger partial charge in [-0.15, -0.1) is 0 Å². The van der Waals surface area contributed by atoms with Crippen molar-refractivity contribution in [3.05, 3.63) is 24.3 Å². The van der Waals surface area contributed by atoms with Gasteiger partial charge in [0.25, 0.3) is 0 Å². The van der Waals surface area contributed by atoms with Gasteiger partial charge in [0, 0.05) is 33.1 Å². The number of piperazine rings is 1. The quantitative estimate of drug-likeness (QED) is 0.738. The van der Waals surface area contributed by atoms with Gasteiger partial charge < -0.3 is 24.6 Å². The molecular formula is C17H21N3O5. The molecule has 0 bridgehead atoms. The van der Waals surface area contributed by atoms with E-state index < -0.39 is 11.8 Å². The molecule has 1 aromatic rings. The number of nitrogens with zero attached hydrogens (tertiary/aromatic N) is 2. The average Bonchev–Trinajstić information content (AvgIpc) is 2.65. The van der Waals surface area contributed by atoms with Crippen LogP contribution in [-0.2, 0) is 14.4 Å². The van der Waals surface area contributed by atoms with Crippen LogP contribution in [0.4, 0.5) is 0 Å². The third-order valence-electron chi connectivity index (χ3n) is 4.26. The normalized spacial score (nSPS) is 19.3. The van der Waals surface area contributed by atoms with Crippen molar-refractivity contribution >= 4 is 17.7 Å². The Morgan fingerprint density at radius 2 is 1.72 bits per heavy atom. The number of carbonyl (C=O) groups excluding carboxylic acids is 3. The van der Waals surface area contributed by atoms with Crippen molar-refractivity contribution in [1.29, 1.82) is 0 Å². The summed E-state index contributed by atoms with van der Waals surface area (Å²) in [7, 11) is 0. The minimum atomic E-state index is -0.668. The van der Waals surface area contributed by atoms with Crippen LogP contribution in [0, 0.1) is 0 Å². The van der Waals surface area contributed by atoms with E-state index in [2.05, 4.69) is 5.32 Å². The van der Waals surface area contributed by atoms with Crippen LogP contribution in [0.25, 0.3) is 0 Å². The molecule has 1 N–H and O–H groups in total. The number of fused-ring (bicyclic) bond motifs is 1. The maximum absolute atomic E-state index is 12.2. The molecule has 25 heavy (non-hydrogen) atoms. The number of carbonyl (C=O) groups is 3. The molecule has 3 amide bonds. The lowest BCUT2D eigenvalue weighted by Gasteiger charge is -2.33. The number of rotatable bonds is 2. The van der Waals surface area contributed by atoms with Gasteiger partial charge in [-0.05, 0) is 12.1 Å². The highest BCUT2D eigenvalue weighted by Crippen LogP contribution is 2.30. The zero-order chi connectivity index (χ0) is 17.8. The molecule has 1 saturated heterocycles. The third kappa shape index (κ3) is 4.01. The van der Waals surface area contributed by atoms with Crippen LogP contribution in [0.3, 0.4) is 0 Å². The zero-order valence-electron chi connectivity index (χ0n) is 14.1. The highest BCUT2D eigenvalue weighted by molar-refractivity contribution is 6.35. The number of benzene rings is 1. The second-order valence-electron chi connectivity index (χ2n) is 6.01. The molecule has 1 unspecified atom stereocenters. The van der Waals surface area contributed by atoms with Crippen LogP contribution in [0.5, 0.6) is 11.5 Å². The molecule has 0 aromatic heterocycles. The molecule has 0 radical (unpaired) electrons. The molecule has 2 aliphatic heterocycles. The summed E-state index contributed by atoms with van der Waals surface area (Å²) in [6, 6.07) is 7.31. The van der Waals surface area contributed by atoms with Crippen LogP contribution in [0.1, 0.15) is 6.92 Å². The molecule has 0 spiro atoms. The average molecular weight is 347 g/mol. The van der Waals surface area contributed by atoms with E-state index in [0.717, 1.165) is 0 Å². The Labute approximate surface area is 145 Å². The molecule has 2 aliphatic rings. The van der Waals surface area contributed by atoms with E-state index in [-0.39, 0.29) is 18.6 Å². The summed E-state index contributed by atoms with van der Waals surface area (Å²) in [6.45, 7) is 3.61. The summed E-state index contributed by atoms with van der Waals surface area (Å²) in [5.41, 5.74) is 0. The lowest BCUT2D eigenvalue weighted by Crippen LogP contribution is -2.54. The molecule has 1 aromatic carbocycles. The van der Waals surface area contributed by atoms with Gasteiger partial charge in [0.2, 0.25) is 5.91 Å². The van der Waals surface area contributed by atoms with Crippen LogP contribution in [0.15, 0.2) is 24.3 Å². The van der Waals surface area contributed by atoms with E-state index in [1.54, 1.807) is 11.0 Å². The molecule has 0 saturated carbocycles. The fourth-order valence-electron chi connectivity index (χ4n) is 2.81. The van der Waals surface area contributed by atoms with Gasteiger partial charge in [0.1, 0.15) is 12.7 Å². The van der Waals surface area contributed by atoms with Gasteiger partial charge in [-0.1, -0.05) is 12.1 Å². The molecular weight excluding hydrogens is 326 g/mol. The molecule has 3 rings (SSSR count). The number of ether oxygens (including phenoxy) is 2. The first kappa shape index (κ1) is 17.1. The summed E-state index contributed by atoms with van der Waals surface area (Å²) in [5.74, 6) is 0.0227. The first-order chi connectivity index (χ1) is 12.0. The molecule has 134 valence electrons. The van der Waals surface area contributed by atoms with Gasteiger partial charge in [0.05, 0.1) is 6.54 Å². The van der Waals surface area contributed by atoms with Gasteiger partial charge in [-0.25, -0.2) is 0 Å². The standard InChI is InChI=1S/C17H21N3O5/c1-12(21)19-6-8-20(9-7-19)17(23)16(22)18-10-13-11-24-14-4-2-3-5-15(14)25-13/h2-5,13H,6-11H2,1H3,(H,18,22). The van der Waals surface area contributed by atoms with Gasteiger partial charge in [-0.3, -0.25) is 14.4 Å². The van der Waals surface area contributed by atoms with E-state index in [1.165, 1.54) is 11.8 Å². The Morgan fingerprint density at radius 3 is 2.40 bits per heavy atom. The second kappa shape index (κ2) is 7.42. The van der Waals surface area contributed by atoms with E-state index in [1.807, 2.05) is 18.2 Å². The van der Waals surface area contributed by atoms with E-state index in [9.17, 15) is 14.4 Å². The van der Waals surface area contributed by atoms with Gasteiger partial charge >= 0.3 is 11.8 Å². The number of hydrogen-bond donors (Lipinski definition) is 1. The topological polar surface area (TPSA) is 88.2 Å². The maximum Gasteiger partial charge on any atom is 0.312 e. The molecule has 1 atom stereocenters. The first-order valence-electron chi connectivity index (χ1n) is 8.25.